The molecule has 0 N–H and O–H groups in total. The predicted molar refractivity (Wildman–Crippen MR) is 90.0 cm³/mol. The molecule has 5 heteroatoms. The molecular weight excluding hydrogens is 310 g/mol. The number of benzene rings is 1. The van der Waals surface area contributed by atoms with Gasteiger partial charge in [-0.15, -0.1) is 0 Å². The van der Waals surface area contributed by atoms with Crippen LogP contribution in [-0.4, -0.2) is 38.6 Å². The molecule has 2 aliphatic rings. The molecule has 124 valence electrons. The highest BCUT2D eigenvalue weighted by molar-refractivity contribution is 7.90. The minimum absolute atomic E-state index is 0.220. The molecule has 0 bridgehead atoms. The van der Waals surface area contributed by atoms with Crippen molar-refractivity contribution < 1.29 is 13.2 Å². The van der Waals surface area contributed by atoms with E-state index in [-0.39, 0.29) is 5.91 Å². The average Bonchev–Trinajstić information content (AvgIpc) is 2.90. The van der Waals surface area contributed by atoms with Gasteiger partial charge in [0.25, 0.3) is 0 Å². The fourth-order valence-electron chi connectivity index (χ4n) is 3.40. The second kappa shape index (κ2) is 6.48. The van der Waals surface area contributed by atoms with Gasteiger partial charge in [0.2, 0.25) is 5.91 Å². The number of fused-ring (bicyclic) bond motifs is 1. The third-order valence-electron chi connectivity index (χ3n) is 4.81. The molecule has 0 unspecified atom stereocenters. The molecule has 0 spiro atoms. The molecule has 1 aromatic rings. The molecule has 1 aromatic carbocycles. The van der Waals surface area contributed by atoms with Gasteiger partial charge >= 0.3 is 0 Å². The molecule has 0 aromatic heterocycles. The zero-order valence-electron chi connectivity index (χ0n) is 13.5. The summed E-state index contributed by atoms with van der Waals surface area (Å²) in [5.74, 6) is 0.614. The van der Waals surface area contributed by atoms with Gasteiger partial charge < -0.3 is 4.90 Å². The first kappa shape index (κ1) is 16.2. The first-order valence-corrected chi connectivity index (χ1v) is 10.1. The fourth-order valence-corrected chi connectivity index (χ4v) is 4.07. The minimum Gasteiger partial charge on any atom is -0.342 e. The molecule has 1 aliphatic carbocycles. The second-order valence-electron chi connectivity index (χ2n) is 6.55. The maximum Gasteiger partial charge on any atom is 0.223 e. The summed E-state index contributed by atoms with van der Waals surface area (Å²) in [5, 5.41) is 0. The quantitative estimate of drug-likeness (QED) is 0.798. The lowest BCUT2D eigenvalue weighted by atomic mass is 10.0. The Balaban J connectivity index is 1.69. The molecular formula is C18H23NO3S. The maximum atomic E-state index is 12.5. The molecule has 1 aliphatic heterocycles. The van der Waals surface area contributed by atoms with Gasteiger partial charge in [-0.25, -0.2) is 8.42 Å². The Morgan fingerprint density at radius 3 is 2.61 bits per heavy atom. The molecule has 3 rings (SSSR count). The third kappa shape index (κ3) is 3.83. The van der Waals surface area contributed by atoms with E-state index in [1.165, 1.54) is 6.26 Å². The molecule has 1 amide bonds. The van der Waals surface area contributed by atoms with Crippen LogP contribution in [0.1, 0.15) is 30.4 Å². The summed E-state index contributed by atoms with van der Waals surface area (Å²) in [5.41, 5.74) is 2.22. The third-order valence-corrected chi connectivity index (χ3v) is 5.92. The lowest BCUT2D eigenvalue weighted by Crippen LogP contribution is -2.34. The van der Waals surface area contributed by atoms with Crippen molar-refractivity contribution in [2.45, 2.75) is 37.0 Å². The predicted octanol–water partition coefficient (Wildman–Crippen LogP) is 2.37. The lowest BCUT2D eigenvalue weighted by molar-refractivity contribution is -0.131. The first-order chi connectivity index (χ1) is 10.9. The van der Waals surface area contributed by atoms with Crippen molar-refractivity contribution >= 4 is 15.7 Å². The SMILES string of the molecule is CS(=O)(=O)c1ccc2c(c1)CCN(C(=O)C[C@@H]1C=CCC1)CC2. The summed E-state index contributed by atoms with van der Waals surface area (Å²) >= 11 is 0. The standard InChI is InChI=1S/C18H23NO3S/c1-23(21,22)17-7-6-15-8-10-19(11-9-16(15)13-17)18(20)12-14-4-2-3-5-14/h2,4,6-7,13-14H,3,5,8-12H2,1H3/t14-/m1/s1. The first-order valence-electron chi connectivity index (χ1n) is 8.20. The molecule has 0 saturated carbocycles. The summed E-state index contributed by atoms with van der Waals surface area (Å²) in [6.45, 7) is 1.40. The van der Waals surface area contributed by atoms with Crippen molar-refractivity contribution in [3.63, 3.8) is 0 Å². The summed E-state index contributed by atoms with van der Waals surface area (Å²) in [4.78, 5) is 14.8. The molecule has 23 heavy (non-hydrogen) atoms. The van der Waals surface area contributed by atoms with Crippen molar-refractivity contribution in [2.75, 3.05) is 19.3 Å². The van der Waals surface area contributed by atoms with Crippen molar-refractivity contribution in [1.82, 2.24) is 4.90 Å². The van der Waals surface area contributed by atoms with E-state index in [9.17, 15) is 13.2 Å². The second-order valence-corrected chi connectivity index (χ2v) is 8.57. The summed E-state index contributed by atoms with van der Waals surface area (Å²) in [6, 6.07) is 5.35. The number of amides is 1. The van der Waals surface area contributed by atoms with Crippen LogP contribution in [0.25, 0.3) is 0 Å². The van der Waals surface area contributed by atoms with Crippen LogP contribution < -0.4 is 0 Å². The molecule has 0 saturated heterocycles. The highest BCUT2D eigenvalue weighted by atomic mass is 32.2. The lowest BCUT2D eigenvalue weighted by Gasteiger charge is -2.21. The van der Waals surface area contributed by atoms with Crippen molar-refractivity contribution in [1.29, 1.82) is 0 Å². The average molecular weight is 333 g/mol. The number of rotatable bonds is 3. The van der Waals surface area contributed by atoms with E-state index in [0.717, 1.165) is 43.4 Å². The highest BCUT2D eigenvalue weighted by Crippen LogP contribution is 2.24. The van der Waals surface area contributed by atoms with E-state index in [4.69, 9.17) is 0 Å². The number of hydrogen-bond acceptors (Lipinski definition) is 3. The van der Waals surface area contributed by atoms with Gasteiger partial charge in [-0.3, -0.25) is 4.79 Å². The van der Waals surface area contributed by atoms with Gasteiger partial charge in [-0.1, -0.05) is 18.2 Å². The number of nitrogens with zero attached hydrogens (tertiary/aromatic N) is 1. The van der Waals surface area contributed by atoms with Gasteiger partial charge in [0, 0.05) is 25.8 Å². The zero-order chi connectivity index (χ0) is 16.4. The van der Waals surface area contributed by atoms with E-state index in [0.29, 0.717) is 23.8 Å². The van der Waals surface area contributed by atoms with Crippen molar-refractivity contribution in [3.8, 4) is 0 Å². The van der Waals surface area contributed by atoms with Crippen LogP contribution in [0.15, 0.2) is 35.2 Å². The fraction of sp³-hybridized carbons (Fsp3) is 0.500. The van der Waals surface area contributed by atoms with Crippen LogP contribution in [0.3, 0.4) is 0 Å². The van der Waals surface area contributed by atoms with E-state index in [2.05, 4.69) is 12.2 Å². The van der Waals surface area contributed by atoms with Crippen molar-refractivity contribution in [2.24, 2.45) is 5.92 Å². The van der Waals surface area contributed by atoms with Crippen LogP contribution in [-0.2, 0) is 27.5 Å². The number of hydrogen-bond donors (Lipinski definition) is 0. The number of sulfone groups is 1. The normalized spacial score (nSPS) is 21.1. The van der Waals surface area contributed by atoms with Gasteiger partial charge in [0.1, 0.15) is 0 Å². The Bertz CT molecular complexity index is 737. The number of carbonyl (C=O) groups excluding carboxylic acids is 1. The Labute approximate surface area is 138 Å². The van der Waals surface area contributed by atoms with E-state index in [1.54, 1.807) is 12.1 Å². The molecule has 1 atom stereocenters. The maximum absolute atomic E-state index is 12.5. The van der Waals surface area contributed by atoms with Gasteiger partial charge in [-0.2, -0.15) is 0 Å². The smallest absolute Gasteiger partial charge is 0.223 e. The molecule has 1 heterocycles. The Kier molecular flexibility index (Phi) is 4.57. The van der Waals surface area contributed by atoms with Crippen LogP contribution in [0.2, 0.25) is 0 Å². The Hall–Kier alpha value is -1.62. The molecule has 0 radical (unpaired) electrons. The monoisotopic (exact) mass is 333 g/mol. The van der Waals surface area contributed by atoms with E-state index in [1.807, 2.05) is 11.0 Å². The Morgan fingerprint density at radius 2 is 1.96 bits per heavy atom. The van der Waals surface area contributed by atoms with Crippen LogP contribution in [0.4, 0.5) is 0 Å². The molecule has 0 fully saturated rings. The Morgan fingerprint density at radius 1 is 1.22 bits per heavy atom. The largest absolute Gasteiger partial charge is 0.342 e. The minimum atomic E-state index is -3.18. The highest BCUT2D eigenvalue weighted by Gasteiger charge is 2.22. The van der Waals surface area contributed by atoms with Crippen LogP contribution >= 0.6 is 0 Å². The number of allylic oxidation sites excluding steroid dienone is 2. The van der Waals surface area contributed by atoms with E-state index >= 15 is 0 Å². The van der Waals surface area contributed by atoms with Crippen LogP contribution in [0.5, 0.6) is 0 Å². The van der Waals surface area contributed by atoms with Crippen LogP contribution in [0, 0.1) is 5.92 Å². The van der Waals surface area contributed by atoms with Gasteiger partial charge in [0.05, 0.1) is 4.90 Å². The topological polar surface area (TPSA) is 54.5 Å². The van der Waals surface area contributed by atoms with E-state index < -0.39 is 9.84 Å². The molecule has 4 nitrogen and oxygen atoms in total. The zero-order valence-corrected chi connectivity index (χ0v) is 14.3. The van der Waals surface area contributed by atoms with Gasteiger partial charge in [0.15, 0.2) is 9.84 Å². The van der Waals surface area contributed by atoms with Gasteiger partial charge in [-0.05, 0) is 54.9 Å². The summed E-state index contributed by atoms with van der Waals surface area (Å²) < 4.78 is 23.4. The summed E-state index contributed by atoms with van der Waals surface area (Å²) in [7, 11) is -3.18. The summed E-state index contributed by atoms with van der Waals surface area (Å²) in [6.07, 6.45) is 9.83. The van der Waals surface area contributed by atoms with Crippen molar-refractivity contribution in [3.05, 3.63) is 41.5 Å². The number of carbonyl (C=O) groups is 1.